The lowest BCUT2D eigenvalue weighted by molar-refractivity contribution is 0.465. The molecular weight excluding hydrogens is 267 g/mol. The fourth-order valence-corrected chi connectivity index (χ4v) is 3.34. The van der Waals surface area contributed by atoms with Gasteiger partial charge in [-0.1, -0.05) is 12.1 Å². The van der Waals surface area contributed by atoms with E-state index in [0.717, 1.165) is 6.07 Å². The summed E-state index contributed by atoms with van der Waals surface area (Å²) < 4.78 is 38.7. The highest BCUT2D eigenvalue weighted by molar-refractivity contribution is 7.89. The normalized spacial score (nSPS) is 21.2. The first-order chi connectivity index (χ1) is 7.51. The average molecular weight is 281 g/mol. The van der Waals surface area contributed by atoms with E-state index in [2.05, 4.69) is 0 Å². The molecule has 7 heteroatoms. The average Bonchev–Trinajstić information content (AvgIpc) is 2.66. The van der Waals surface area contributed by atoms with Crippen molar-refractivity contribution >= 4 is 22.4 Å². The lowest BCUT2D eigenvalue weighted by atomic mass is 10.3. The minimum absolute atomic E-state index is 0. The van der Waals surface area contributed by atoms with E-state index in [1.54, 1.807) is 0 Å². The van der Waals surface area contributed by atoms with Gasteiger partial charge < -0.3 is 5.73 Å². The lowest BCUT2D eigenvalue weighted by Crippen LogP contribution is -2.32. The van der Waals surface area contributed by atoms with Gasteiger partial charge in [-0.15, -0.1) is 12.4 Å². The summed E-state index contributed by atoms with van der Waals surface area (Å²) in [5.41, 5.74) is 5.64. The van der Waals surface area contributed by atoms with Crippen LogP contribution in [-0.4, -0.2) is 31.9 Å². The number of hydrogen-bond donors (Lipinski definition) is 1. The van der Waals surface area contributed by atoms with Crippen LogP contribution in [0.2, 0.25) is 0 Å². The van der Waals surface area contributed by atoms with Crippen molar-refractivity contribution in [2.75, 3.05) is 13.1 Å². The fourth-order valence-electron chi connectivity index (χ4n) is 1.77. The number of rotatable bonds is 2. The topological polar surface area (TPSA) is 63.4 Å². The number of benzene rings is 1. The summed E-state index contributed by atoms with van der Waals surface area (Å²) in [6.45, 7) is 0.620. The zero-order valence-electron chi connectivity index (χ0n) is 9.04. The van der Waals surface area contributed by atoms with Crippen LogP contribution in [0.1, 0.15) is 6.42 Å². The molecule has 17 heavy (non-hydrogen) atoms. The van der Waals surface area contributed by atoms with Gasteiger partial charge in [-0.3, -0.25) is 0 Å². The molecule has 1 unspecified atom stereocenters. The Kier molecular flexibility index (Phi) is 4.48. The second-order valence-electron chi connectivity index (χ2n) is 3.84. The largest absolute Gasteiger partial charge is 0.326 e. The standard InChI is InChI=1S/C10H13FN2O2S.ClH/c11-9-3-1-2-4-10(9)16(14,15)13-6-5-8(12)7-13;/h1-4,8H,5-7,12H2;1H. The summed E-state index contributed by atoms with van der Waals surface area (Å²) in [7, 11) is -3.72. The summed E-state index contributed by atoms with van der Waals surface area (Å²) in [6.07, 6.45) is 0.619. The maximum absolute atomic E-state index is 13.4. The zero-order chi connectivity index (χ0) is 11.8. The summed E-state index contributed by atoms with van der Waals surface area (Å²) >= 11 is 0. The van der Waals surface area contributed by atoms with Crippen LogP contribution < -0.4 is 5.73 Å². The fraction of sp³-hybridized carbons (Fsp3) is 0.400. The van der Waals surface area contributed by atoms with E-state index in [-0.39, 0.29) is 29.9 Å². The van der Waals surface area contributed by atoms with Gasteiger partial charge in [-0.25, -0.2) is 12.8 Å². The van der Waals surface area contributed by atoms with E-state index in [1.165, 1.54) is 22.5 Å². The molecule has 2 rings (SSSR count). The van der Waals surface area contributed by atoms with Gasteiger partial charge in [-0.2, -0.15) is 4.31 Å². The zero-order valence-corrected chi connectivity index (χ0v) is 10.7. The van der Waals surface area contributed by atoms with Gasteiger partial charge in [0.1, 0.15) is 10.7 Å². The van der Waals surface area contributed by atoms with E-state index in [4.69, 9.17) is 5.73 Å². The number of hydrogen-bond acceptors (Lipinski definition) is 3. The van der Waals surface area contributed by atoms with Crippen LogP contribution in [-0.2, 0) is 10.0 Å². The third-order valence-corrected chi connectivity index (χ3v) is 4.54. The van der Waals surface area contributed by atoms with Crippen molar-refractivity contribution in [1.29, 1.82) is 0 Å². The molecule has 0 aromatic heterocycles. The van der Waals surface area contributed by atoms with Crippen LogP contribution in [0.3, 0.4) is 0 Å². The molecule has 1 aliphatic rings. The van der Waals surface area contributed by atoms with Gasteiger partial charge in [0.2, 0.25) is 10.0 Å². The van der Waals surface area contributed by atoms with E-state index < -0.39 is 15.8 Å². The summed E-state index contributed by atoms with van der Waals surface area (Å²) in [5, 5.41) is 0. The molecule has 1 aromatic rings. The number of nitrogens with zero attached hydrogens (tertiary/aromatic N) is 1. The number of sulfonamides is 1. The van der Waals surface area contributed by atoms with Crippen molar-refractivity contribution < 1.29 is 12.8 Å². The molecule has 1 aliphatic heterocycles. The molecule has 0 amide bonds. The minimum Gasteiger partial charge on any atom is -0.326 e. The Labute approximate surface area is 106 Å². The molecule has 0 bridgehead atoms. The second kappa shape index (κ2) is 5.30. The van der Waals surface area contributed by atoms with Crippen molar-refractivity contribution in [3.8, 4) is 0 Å². The maximum atomic E-state index is 13.4. The molecule has 1 heterocycles. The molecule has 0 radical (unpaired) electrons. The molecule has 4 nitrogen and oxygen atoms in total. The molecule has 1 fully saturated rings. The Hall–Kier alpha value is -0.690. The van der Waals surface area contributed by atoms with E-state index in [0.29, 0.717) is 13.0 Å². The quantitative estimate of drug-likeness (QED) is 0.878. The predicted molar refractivity (Wildman–Crippen MR) is 65.0 cm³/mol. The Morgan fingerprint density at radius 3 is 2.53 bits per heavy atom. The van der Waals surface area contributed by atoms with Crippen molar-refractivity contribution in [3.05, 3.63) is 30.1 Å². The van der Waals surface area contributed by atoms with Crippen molar-refractivity contribution in [2.45, 2.75) is 17.4 Å². The van der Waals surface area contributed by atoms with Gasteiger partial charge >= 0.3 is 0 Å². The Bertz CT molecular complexity index is 495. The minimum atomic E-state index is -3.72. The molecule has 2 N–H and O–H groups in total. The Balaban J connectivity index is 0.00000144. The third kappa shape index (κ3) is 2.77. The van der Waals surface area contributed by atoms with Crippen LogP contribution in [0.25, 0.3) is 0 Å². The maximum Gasteiger partial charge on any atom is 0.246 e. The summed E-state index contributed by atoms with van der Waals surface area (Å²) in [6, 6.07) is 5.23. The lowest BCUT2D eigenvalue weighted by Gasteiger charge is -2.16. The van der Waals surface area contributed by atoms with E-state index >= 15 is 0 Å². The first-order valence-corrected chi connectivity index (χ1v) is 6.46. The van der Waals surface area contributed by atoms with E-state index in [9.17, 15) is 12.8 Å². The second-order valence-corrected chi connectivity index (χ2v) is 5.75. The van der Waals surface area contributed by atoms with Crippen LogP contribution in [0, 0.1) is 5.82 Å². The molecule has 0 aliphatic carbocycles. The first kappa shape index (κ1) is 14.4. The van der Waals surface area contributed by atoms with Crippen molar-refractivity contribution in [3.63, 3.8) is 0 Å². The predicted octanol–water partition coefficient (Wildman–Crippen LogP) is 0.969. The van der Waals surface area contributed by atoms with Crippen molar-refractivity contribution in [2.24, 2.45) is 5.73 Å². The SMILES string of the molecule is Cl.NC1CCN(S(=O)(=O)c2ccccc2F)C1. The monoisotopic (exact) mass is 280 g/mol. The Morgan fingerprint density at radius 1 is 1.35 bits per heavy atom. The molecule has 1 atom stereocenters. The van der Waals surface area contributed by atoms with Gasteiger partial charge in [0.25, 0.3) is 0 Å². The highest BCUT2D eigenvalue weighted by Crippen LogP contribution is 2.22. The van der Waals surface area contributed by atoms with Crippen molar-refractivity contribution in [1.82, 2.24) is 4.31 Å². The van der Waals surface area contributed by atoms with Crippen LogP contribution >= 0.6 is 12.4 Å². The Morgan fingerprint density at radius 2 is 2.00 bits per heavy atom. The van der Waals surface area contributed by atoms with Gasteiger partial charge in [-0.05, 0) is 18.6 Å². The summed E-state index contributed by atoms with van der Waals surface area (Å²) in [4.78, 5) is -0.274. The molecule has 1 saturated heterocycles. The van der Waals surface area contributed by atoms with Gasteiger partial charge in [0.15, 0.2) is 0 Å². The molecule has 1 aromatic carbocycles. The molecule has 0 spiro atoms. The van der Waals surface area contributed by atoms with Crippen LogP contribution in [0.5, 0.6) is 0 Å². The van der Waals surface area contributed by atoms with Gasteiger partial charge in [0, 0.05) is 19.1 Å². The number of nitrogens with two attached hydrogens (primary N) is 1. The van der Waals surface area contributed by atoms with Gasteiger partial charge in [0.05, 0.1) is 0 Å². The highest BCUT2D eigenvalue weighted by Gasteiger charge is 2.32. The van der Waals surface area contributed by atoms with Crippen LogP contribution in [0.4, 0.5) is 4.39 Å². The molecule has 96 valence electrons. The van der Waals surface area contributed by atoms with E-state index in [1.807, 2.05) is 0 Å². The summed E-state index contributed by atoms with van der Waals surface area (Å²) in [5.74, 6) is -0.719. The molecule has 0 saturated carbocycles. The highest BCUT2D eigenvalue weighted by atomic mass is 35.5. The number of halogens is 2. The third-order valence-electron chi connectivity index (χ3n) is 2.64. The molecular formula is C10H14ClFN2O2S. The smallest absolute Gasteiger partial charge is 0.246 e. The van der Waals surface area contributed by atoms with Crippen LogP contribution in [0.15, 0.2) is 29.2 Å². The first-order valence-electron chi connectivity index (χ1n) is 5.02.